The van der Waals surface area contributed by atoms with Crippen molar-refractivity contribution in [3.05, 3.63) is 58.7 Å². The van der Waals surface area contributed by atoms with Crippen molar-refractivity contribution in [2.24, 2.45) is 0 Å². The van der Waals surface area contributed by atoms with Crippen molar-refractivity contribution >= 4 is 17.7 Å². The fourth-order valence-electron chi connectivity index (χ4n) is 2.83. The van der Waals surface area contributed by atoms with Gasteiger partial charge in [-0.25, -0.2) is 0 Å². The summed E-state index contributed by atoms with van der Waals surface area (Å²) in [6.07, 6.45) is 4.23. The summed E-state index contributed by atoms with van der Waals surface area (Å²) in [5.74, 6) is 1.21. The summed E-state index contributed by atoms with van der Waals surface area (Å²) in [5, 5.41) is 2.96. The molecule has 0 aliphatic rings. The van der Waals surface area contributed by atoms with Crippen molar-refractivity contribution in [3.63, 3.8) is 0 Å². The maximum atomic E-state index is 12.3. The highest BCUT2D eigenvalue weighted by Gasteiger charge is 2.07. The van der Waals surface area contributed by atoms with Gasteiger partial charge in [0, 0.05) is 11.8 Å². The second kappa shape index (κ2) is 9.09. The smallest absolute Gasteiger partial charge is 0.248 e. The van der Waals surface area contributed by atoms with Gasteiger partial charge >= 0.3 is 0 Å². The maximum Gasteiger partial charge on any atom is 0.248 e. The quantitative estimate of drug-likeness (QED) is 0.708. The van der Waals surface area contributed by atoms with Gasteiger partial charge in [-0.3, -0.25) is 4.79 Å². The highest BCUT2D eigenvalue weighted by atomic mass is 16.5. The zero-order valence-corrected chi connectivity index (χ0v) is 16.2. The molecule has 0 unspecified atom stereocenters. The molecular formula is C22H27NO3. The lowest BCUT2D eigenvalue weighted by Crippen LogP contribution is -2.10. The van der Waals surface area contributed by atoms with E-state index in [0.717, 1.165) is 28.8 Å². The number of anilines is 1. The number of methoxy groups -OCH3 is 1. The van der Waals surface area contributed by atoms with E-state index in [4.69, 9.17) is 9.47 Å². The molecule has 138 valence electrons. The molecule has 0 spiro atoms. The molecule has 2 aromatic carbocycles. The number of amides is 1. The lowest BCUT2D eigenvalue weighted by atomic mass is 10.1. The molecular weight excluding hydrogens is 326 g/mol. The summed E-state index contributed by atoms with van der Waals surface area (Å²) in [6.45, 7) is 8.74. The molecule has 0 saturated heterocycles. The number of ether oxygens (including phenoxy) is 2. The van der Waals surface area contributed by atoms with Gasteiger partial charge in [-0.2, -0.15) is 0 Å². The van der Waals surface area contributed by atoms with Gasteiger partial charge in [0.1, 0.15) is 0 Å². The van der Waals surface area contributed by atoms with Gasteiger partial charge in [0.15, 0.2) is 11.5 Å². The summed E-state index contributed by atoms with van der Waals surface area (Å²) in [7, 11) is 1.61. The van der Waals surface area contributed by atoms with Crippen LogP contribution in [0.1, 0.15) is 35.6 Å². The average molecular weight is 353 g/mol. The molecule has 0 atom stereocenters. The van der Waals surface area contributed by atoms with Crippen molar-refractivity contribution < 1.29 is 14.3 Å². The highest BCUT2D eigenvalue weighted by molar-refractivity contribution is 6.02. The molecule has 2 aromatic rings. The van der Waals surface area contributed by atoms with Gasteiger partial charge < -0.3 is 14.8 Å². The number of rotatable bonds is 7. The van der Waals surface area contributed by atoms with Gasteiger partial charge in [-0.15, -0.1) is 0 Å². The van der Waals surface area contributed by atoms with Crippen molar-refractivity contribution in [2.45, 2.75) is 34.1 Å². The maximum absolute atomic E-state index is 12.3. The van der Waals surface area contributed by atoms with Crippen LogP contribution in [-0.2, 0) is 4.79 Å². The van der Waals surface area contributed by atoms with Crippen LogP contribution in [0.5, 0.6) is 11.5 Å². The van der Waals surface area contributed by atoms with Crippen LogP contribution in [0, 0.1) is 20.8 Å². The molecule has 0 aliphatic heterocycles. The first-order valence-electron chi connectivity index (χ1n) is 8.82. The molecule has 4 heteroatoms. The van der Waals surface area contributed by atoms with E-state index in [9.17, 15) is 4.79 Å². The fraction of sp³-hybridized carbons (Fsp3) is 0.318. The minimum Gasteiger partial charge on any atom is -0.493 e. The summed E-state index contributed by atoms with van der Waals surface area (Å²) in [4.78, 5) is 12.3. The summed E-state index contributed by atoms with van der Waals surface area (Å²) >= 11 is 0. The van der Waals surface area contributed by atoms with Crippen LogP contribution in [0.2, 0.25) is 0 Å². The third kappa shape index (κ3) is 5.12. The SMILES string of the molecule is CCCOc1ccc(/C=C/C(=O)Nc2c(C)cc(C)cc2C)cc1OC. The average Bonchev–Trinajstić information content (AvgIpc) is 2.61. The topological polar surface area (TPSA) is 47.6 Å². The molecule has 1 amide bonds. The first-order valence-corrected chi connectivity index (χ1v) is 8.82. The molecule has 0 bridgehead atoms. The van der Waals surface area contributed by atoms with Crippen LogP contribution in [0.4, 0.5) is 5.69 Å². The Bertz CT molecular complexity index is 786. The Hall–Kier alpha value is -2.75. The number of nitrogens with one attached hydrogen (secondary N) is 1. The number of hydrogen-bond donors (Lipinski definition) is 1. The number of carbonyl (C=O) groups excluding carboxylic acids is 1. The fourth-order valence-corrected chi connectivity index (χ4v) is 2.83. The van der Waals surface area contributed by atoms with Gasteiger partial charge in [-0.05, 0) is 62.1 Å². The second-order valence-electron chi connectivity index (χ2n) is 6.36. The van der Waals surface area contributed by atoms with E-state index in [0.29, 0.717) is 18.1 Å². The van der Waals surface area contributed by atoms with Gasteiger partial charge in [0.2, 0.25) is 5.91 Å². The van der Waals surface area contributed by atoms with Crippen molar-refractivity contribution in [3.8, 4) is 11.5 Å². The second-order valence-corrected chi connectivity index (χ2v) is 6.36. The zero-order chi connectivity index (χ0) is 19.1. The number of carbonyl (C=O) groups is 1. The number of hydrogen-bond acceptors (Lipinski definition) is 3. The molecule has 0 aliphatic carbocycles. The summed E-state index contributed by atoms with van der Waals surface area (Å²) in [6, 6.07) is 9.75. The van der Waals surface area contributed by atoms with Crippen LogP contribution in [0.15, 0.2) is 36.4 Å². The Labute approximate surface area is 155 Å². The standard InChI is InChI=1S/C22H27NO3/c1-6-11-26-19-9-7-18(14-20(19)25-5)8-10-21(24)23-22-16(3)12-15(2)13-17(22)4/h7-10,12-14H,6,11H2,1-5H3,(H,23,24)/b10-8+. The first-order chi connectivity index (χ1) is 12.4. The van der Waals surface area contributed by atoms with Crippen LogP contribution < -0.4 is 14.8 Å². The molecule has 1 N–H and O–H groups in total. The third-order valence-corrected chi connectivity index (χ3v) is 4.00. The van der Waals surface area contributed by atoms with E-state index < -0.39 is 0 Å². The van der Waals surface area contributed by atoms with E-state index >= 15 is 0 Å². The normalized spacial score (nSPS) is 10.8. The van der Waals surface area contributed by atoms with Crippen molar-refractivity contribution in [1.29, 1.82) is 0 Å². The first kappa shape index (κ1) is 19.6. The van der Waals surface area contributed by atoms with Crippen molar-refractivity contribution in [2.75, 3.05) is 19.0 Å². The van der Waals surface area contributed by atoms with Gasteiger partial charge in [0.25, 0.3) is 0 Å². The Morgan fingerprint density at radius 1 is 1.08 bits per heavy atom. The Morgan fingerprint density at radius 3 is 2.38 bits per heavy atom. The van der Waals surface area contributed by atoms with E-state index in [2.05, 4.69) is 24.4 Å². The lowest BCUT2D eigenvalue weighted by Gasteiger charge is -2.12. The predicted octanol–water partition coefficient (Wildman–Crippen LogP) is 5.06. The minimum absolute atomic E-state index is 0.162. The predicted molar refractivity (Wildman–Crippen MR) is 107 cm³/mol. The number of aryl methyl sites for hydroxylation is 3. The van der Waals surface area contributed by atoms with E-state index in [1.807, 2.05) is 39.0 Å². The van der Waals surface area contributed by atoms with Crippen molar-refractivity contribution in [1.82, 2.24) is 0 Å². The van der Waals surface area contributed by atoms with Crippen LogP contribution in [0.3, 0.4) is 0 Å². The number of benzene rings is 2. The monoisotopic (exact) mass is 353 g/mol. The molecule has 0 aromatic heterocycles. The highest BCUT2D eigenvalue weighted by Crippen LogP contribution is 2.28. The molecule has 26 heavy (non-hydrogen) atoms. The van der Waals surface area contributed by atoms with Crippen LogP contribution in [-0.4, -0.2) is 19.6 Å². The molecule has 0 radical (unpaired) electrons. The Balaban J connectivity index is 2.10. The van der Waals surface area contributed by atoms with E-state index in [1.54, 1.807) is 13.2 Å². The summed E-state index contributed by atoms with van der Waals surface area (Å²) in [5.41, 5.74) is 5.04. The minimum atomic E-state index is -0.162. The summed E-state index contributed by atoms with van der Waals surface area (Å²) < 4.78 is 11.0. The zero-order valence-electron chi connectivity index (χ0n) is 16.2. The Kier molecular flexibility index (Phi) is 6.84. The molecule has 2 rings (SSSR count). The van der Waals surface area contributed by atoms with Crippen LogP contribution in [0.25, 0.3) is 6.08 Å². The van der Waals surface area contributed by atoms with Gasteiger partial charge in [-0.1, -0.05) is 30.7 Å². The van der Waals surface area contributed by atoms with E-state index in [1.165, 1.54) is 11.6 Å². The molecule has 0 fully saturated rings. The largest absolute Gasteiger partial charge is 0.493 e. The van der Waals surface area contributed by atoms with Crippen LogP contribution >= 0.6 is 0 Å². The Morgan fingerprint density at radius 2 is 1.77 bits per heavy atom. The molecule has 4 nitrogen and oxygen atoms in total. The van der Waals surface area contributed by atoms with Gasteiger partial charge in [0.05, 0.1) is 13.7 Å². The lowest BCUT2D eigenvalue weighted by molar-refractivity contribution is -0.111. The molecule has 0 heterocycles. The third-order valence-electron chi connectivity index (χ3n) is 4.00. The molecule has 0 saturated carbocycles. The van der Waals surface area contributed by atoms with E-state index in [-0.39, 0.29) is 5.91 Å².